The quantitative estimate of drug-likeness (QED) is 0.133. The van der Waals surface area contributed by atoms with Crippen molar-refractivity contribution in [2.24, 2.45) is 0 Å². The summed E-state index contributed by atoms with van der Waals surface area (Å²) in [5.41, 5.74) is -3.70. The van der Waals surface area contributed by atoms with Crippen LogP contribution in [0, 0.1) is 0 Å². The van der Waals surface area contributed by atoms with Crippen molar-refractivity contribution in [1.82, 2.24) is 0 Å². The van der Waals surface area contributed by atoms with Gasteiger partial charge in [-0.25, -0.2) is 0 Å². The highest BCUT2D eigenvalue weighted by Gasteiger charge is 2.60. The highest BCUT2D eigenvalue weighted by molar-refractivity contribution is 6.51. The summed E-state index contributed by atoms with van der Waals surface area (Å²) in [7, 11) is -1.67. The van der Waals surface area contributed by atoms with Gasteiger partial charge in [-0.3, -0.25) is 0 Å². The lowest BCUT2D eigenvalue weighted by Crippen LogP contribution is -2.41. The number of hydrogen-bond acceptors (Lipinski definition) is 8. The second-order valence-corrected chi connectivity index (χ2v) is 19.3. The van der Waals surface area contributed by atoms with Crippen LogP contribution in [0.2, 0.25) is 23.3 Å². The van der Waals surface area contributed by atoms with E-state index in [-0.39, 0.29) is 37.5 Å². The Morgan fingerprint density at radius 3 is 0.694 bits per heavy atom. The average Bonchev–Trinajstić information content (AvgIpc) is 3.47. The maximum atomic E-state index is 6.83. The second kappa shape index (κ2) is 13.7. The van der Waals surface area contributed by atoms with E-state index in [2.05, 4.69) is 124 Å². The van der Waals surface area contributed by atoms with Crippen LogP contribution < -0.4 is 0 Å². The molecule has 0 amide bonds. The lowest BCUT2D eigenvalue weighted by molar-refractivity contribution is 0.00578. The Hall–Kier alpha value is -0.580. The Balaban J connectivity index is 1.73. The Morgan fingerprint density at radius 2 is 0.510 bits per heavy atom. The van der Waals surface area contributed by atoms with Crippen LogP contribution in [0.5, 0.6) is 0 Å². The molecule has 0 unspecified atom stereocenters. The molecule has 49 heavy (non-hydrogen) atoms. The van der Waals surface area contributed by atoms with Gasteiger partial charge in [0.15, 0.2) is 0 Å². The largest absolute Gasteiger partial charge is 0.461 e. The third-order valence-electron chi connectivity index (χ3n) is 13.4. The van der Waals surface area contributed by atoms with Gasteiger partial charge in [-0.2, -0.15) is 0 Å². The Labute approximate surface area is 301 Å². The van der Waals surface area contributed by atoms with Gasteiger partial charge in [0.2, 0.25) is 0 Å². The highest BCUT2D eigenvalue weighted by atomic mass is 16.7. The molecule has 0 spiro atoms. The van der Waals surface area contributed by atoms with Crippen molar-refractivity contribution in [3.63, 3.8) is 0 Å². The molecule has 0 radical (unpaired) electrons. The average molecular weight is 684 g/mol. The van der Waals surface area contributed by atoms with Crippen molar-refractivity contribution >= 4 is 28.5 Å². The normalized spacial score (nSPS) is 29.6. The topological polar surface area (TPSA) is 73.8 Å². The van der Waals surface area contributed by atoms with E-state index in [1.807, 2.05) is 12.2 Å². The zero-order valence-corrected chi connectivity index (χ0v) is 34.0. The van der Waals surface area contributed by atoms with Crippen LogP contribution in [0.25, 0.3) is 0 Å². The molecule has 4 heterocycles. The Morgan fingerprint density at radius 1 is 0.347 bits per heavy atom. The van der Waals surface area contributed by atoms with Crippen LogP contribution in [-0.2, 0) is 37.2 Å². The van der Waals surface area contributed by atoms with Gasteiger partial charge in [0.05, 0.1) is 44.8 Å². The first-order valence-electron chi connectivity index (χ1n) is 18.8. The molecule has 4 aliphatic rings. The first kappa shape index (κ1) is 41.2. The maximum Gasteiger partial charge on any atom is 0.461 e. The summed E-state index contributed by atoms with van der Waals surface area (Å²) in [5.74, 6) is 0.00985. The molecule has 0 aromatic heterocycles. The van der Waals surface area contributed by atoms with Crippen molar-refractivity contribution in [2.45, 2.75) is 211 Å². The minimum absolute atomic E-state index is 0.0308. The first-order valence-corrected chi connectivity index (χ1v) is 18.8. The van der Waals surface area contributed by atoms with Gasteiger partial charge in [-0.15, -0.1) is 13.2 Å². The lowest BCUT2D eigenvalue weighted by Gasteiger charge is -2.32. The van der Waals surface area contributed by atoms with Gasteiger partial charge < -0.3 is 37.2 Å². The summed E-state index contributed by atoms with van der Waals surface area (Å²) in [6, 6.07) is 0. The van der Waals surface area contributed by atoms with Gasteiger partial charge in [-0.1, -0.05) is 31.4 Å². The smallest absolute Gasteiger partial charge is 0.403 e. The molecule has 4 rings (SSSR count). The van der Waals surface area contributed by atoms with Crippen molar-refractivity contribution in [1.29, 1.82) is 0 Å². The van der Waals surface area contributed by atoms with E-state index in [9.17, 15) is 0 Å². The molecule has 0 aromatic carbocycles. The standard InChI is InChI=1S/C37H68B4O8/c1-19-21-26(38-42-30(3,4)31(5,6)43-38)23-28(40-46-34(11,12)35(13,14)47-40)25-29(41-48-36(15,16)37(17,18)49-41)24-27(22-20-2)39-44-32(7,8)33(9,10)45-39/h19-20,26-29H,1-2,21-25H2,3-18H3/t26-,27-,28+,29+/m0/s1. The van der Waals surface area contributed by atoms with Crippen LogP contribution in [0.1, 0.15) is 143 Å². The zero-order valence-electron chi connectivity index (χ0n) is 34.0. The minimum Gasteiger partial charge on any atom is -0.403 e. The monoisotopic (exact) mass is 685 g/mol. The summed E-state index contributed by atoms with van der Waals surface area (Å²) >= 11 is 0. The molecule has 0 N–H and O–H groups in total. The van der Waals surface area contributed by atoms with Crippen molar-refractivity contribution < 1.29 is 37.2 Å². The van der Waals surface area contributed by atoms with Crippen molar-refractivity contribution in [2.75, 3.05) is 0 Å². The fourth-order valence-corrected chi connectivity index (χ4v) is 7.19. The third-order valence-corrected chi connectivity index (χ3v) is 13.4. The van der Waals surface area contributed by atoms with Crippen molar-refractivity contribution in [3.8, 4) is 0 Å². The zero-order chi connectivity index (χ0) is 37.2. The molecule has 0 aliphatic carbocycles. The molecule has 4 saturated heterocycles. The van der Waals surface area contributed by atoms with Gasteiger partial charge >= 0.3 is 28.5 Å². The van der Waals surface area contributed by atoms with Crippen LogP contribution in [0.4, 0.5) is 0 Å². The molecule has 0 aromatic rings. The summed E-state index contributed by atoms with van der Waals surface area (Å²) in [5, 5.41) is 0. The summed E-state index contributed by atoms with van der Waals surface area (Å²) in [6.07, 6.45) is 7.65. The second-order valence-electron chi connectivity index (χ2n) is 19.3. The molecule has 12 heteroatoms. The van der Waals surface area contributed by atoms with Crippen LogP contribution in [0.15, 0.2) is 25.3 Å². The summed E-state index contributed by atoms with van der Waals surface area (Å²) < 4.78 is 53.9. The van der Waals surface area contributed by atoms with Crippen molar-refractivity contribution in [3.05, 3.63) is 25.3 Å². The van der Waals surface area contributed by atoms with E-state index >= 15 is 0 Å². The number of rotatable bonds is 14. The lowest BCUT2D eigenvalue weighted by atomic mass is 9.51. The molecular formula is C37H68B4O8. The van der Waals surface area contributed by atoms with E-state index < -0.39 is 59.0 Å². The van der Waals surface area contributed by atoms with Gasteiger partial charge in [-0.05, 0) is 147 Å². The van der Waals surface area contributed by atoms with E-state index in [1.54, 1.807) is 0 Å². The maximum absolute atomic E-state index is 6.83. The fourth-order valence-electron chi connectivity index (χ4n) is 7.19. The number of allylic oxidation sites excluding steroid dienone is 2. The van der Waals surface area contributed by atoms with Crippen LogP contribution in [-0.4, -0.2) is 73.3 Å². The van der Waals surface area contributed by atoms with E-state index in [0.29, 0.717) is 0 Å². The van der Waals surface area contributed by atoms with E-state index in [0.717, 1.165) is 32.1 Å². The molecule has 0 bridgehead atoms. The van der Waals surface area contributed by atoms with Gasteiger partial charge in [0.25, 0.3) is 0 Å². The predicted molar refractivity (Wildman–Crippen MR) is 203 cm³/mol. The van der Waals surface area contributed by atoms with Crippen LogP contribution in [0.3, 0.4) is 0 Å². The Bertz CT molecular complexity index is 1040. The fraction of sp³-hybridized carbons (Fsp3) is 0.892. The molecular weight excluding hydrogens is 616 g/mol. The molecule has 276 valence electrons. The number of hydrogen-bond donors (Lipinski definition) is 0. The first-order chi connectivity index (χ1) is 22.1. The molecule has 8 nitrogen and oxygen atoms in total. The SMILES string of the molecule is C=CC[C@@H](C[C@H](C[C@@H](C[C@H](CC=C)B1OC(C)(C)C(C)(C)O1)B1OC(C)(C)C(C)(C)O1)B1OC(C)(C)C(C)(C)O1)B1OC(C)(C)C(C)(C)O1. The van der Waals surface area contributed by atoms with Crippen LogP contribution >= 0.6 is 0 Å². The van der Waals surface area contributed by atoms with E-state index in [4.69, 9.17) is 37.2 Å². The molecule has 4 aliphatic heterocycles. The van der Waals surface area contributed by atoms with E-state index in [1.165, 1.54) is 0 Å². The summed E-state index contributed by atoms with van der Waals surface area (Å²) in [6.45, 7) is 42.0. The molecule has 4 atom stereocenters. The predicted octanol–water partition coefficient (Wildman–Crippen LogP) is 9.16. The summed E-state index contributed by atoms with van der Waals surface area (Å²) in [4.78, 5) is 0. The molecule has 4 fully saturated rings. The Kier molecular flexibility index (Phi) is 11.5. The van der Waals surface area contributed by atoms with Gasteiger partial charge in [0, 0.05) is 0 Å². The van der Waals surface area contributed by atoms with Gasteiger partial charge in [0.1, 0.15) is 0 Å². The highest BCUT2D eigenvalue weighted by Crippen LogP contribution is 2.53. The minimum atomic E-state index is -0.484. The third kappa shape index (κ3) is 8.17. The molecule has 0 saturated carbocycles.